The van der Waals surface area contributed by atoms with Gasteiger partial charge < -0.3 is 90.9 Å². The Balaban J connectivity index is 0.996. The molecular formula is C78H72N20O32S4. The van der Waals surface area contributed by atoms with E-state index in [-0.39, 0.29) is 217 Å². The number of carboxylic acid groups (broad SMARTS) is 8. The van der Waals surface area contributed by atoms with Crippen LogP contribution >= 0.6 is 24.1 Å². The Kier molecular flexibility index (Phi) is 34.4. The zero-order valence-corrected chi connectivity index (χ0v) is 71.8. The summed E-state index contributed by atoms with van der Waals surface area (Å²) >= 11 is 1.46. The lowest BCUT2D eigenvalue weighted by atomic mass is 10.1. The summed E-state index contributed by atoms with van der Waals surface area (Å²) in [7, 11) is -9.02. The average Bonchev–Trinajstić information content (AvgIpc) is 0.775. The van der Waals surface area contributed by atoms with Crippen molar-refractivity contribution in [1.29, 1.82) is 0 Å². The molecule has 1 saturated heterocycles. The number of carboxylic acids is 8. The molecule has 0 unspecified atom stereocenters. The first-order valence-electron chi connectivity index (χ1n) is 38.5. The van der Waals surface area contributed by atoms with Gasteiger partial charge in [0.25, 0.3) is 20.2 Å². The second kappa shape index (κ2) is 46.7. The molecule has 16 N–H and O–H groups in total. The first-order valence-corrected chi connectivity index (χ1v) is 43.5. The number of carbonyl (C=O) groups is 8. The SMILES string of the molecule is O=C(O)c1cc(N=Nc2ccc(Nc3nc(Nc4ccc(N=Nc5cc(C(=O)O)cc(C(=O)O)c5)cc4OCCCS(=O)(=O)O)nc(N4CCN(c5nc(Nc6ccc(N=Nc7cc(C(=O)O)cc(C(=O)O)c7)cc6OCCCSOOO)nc(Nc6ccc(N=Nc7cc(C(=O)O)cc(C(=O)O)c7)cc6OCCCS(=O)(=O)O)n5)CC4)n3)c(OCCCSOOO)c2)cc(C(=O)O)c1. The molecular weight excluding hydrogens is 1860 g/mol. The Hall–Kier alpha value is -15.8. The first kappa shape index (κ1) is 98.8. The molecule has 0 atom stereocenters. The minimum atomic E-state index is -4.51. The van der Waals surface area contributed by atoms with Crippen molar-refractivity contribution >= 4 is 196 Å². The second-order valence-corrected chi connectivity index (χ2v) is 32.1. The Morgan fingerprint density at radius 3 is 0.739 bits per heavy atom. The highest BCUT2D eigenvalue weighted by molar-refractivity contribution is 7.94. The number of benzene rings is 8. The van der Waals surface area contributed by atoms with Crippen molar-refractivity contribution in [3.8, 4) is 23.0 Å². The molecule has 0 saturated carbocycles. The van der Waals surface area contributed by atoms with Crippen LogP contribution in [0.4, 0.5) is 104 Å². The molecule has 56 heteroatoms. The monoisotopic (exact) mass is 1930 g/mol. The van der Waals surface area contributed by atoms with Crippen LogP contribution in [-0.4, -0.2) is 231 Å². The molecule has 0 aliphatic carbocycles. The Morgan fingerprint density at radius 2 is 0.530 bits per heavy atom. The number of nitrogens with one attached hydrogen (secondary N) is 4. The van der Waals surface area contributed by atoms with Gasteiger partial charge >= 0.3 is 47.8 Å². The Bertz CT molecular complexity index is 5950. The summed E-state index contributed by atoms with van der Waals surface area (Å²) in [5.41, 5.74) is -3.43. The summed E-state index contributed by atoms with van der Waals surface area (Å²) < 4.78 is 101. The smallest absolute Gasteiger partial charge is 0.335 e. The van der Waals surface area contributed by atoms with Crippen molar-refractivity contribution in [3.63, 3.8) is 0 Å². The van der Waals surface area contributed by atoms with Crippen molar-refractivity contribution in [1.82, 2.24) is 29.9 Å². The van der Waals surface area contributed by atoms with Gasteiger partial charge in [0.1, 0.15) is 23.0 Å². The van der Waals surface area contributed by atoms with E-state index in [1.807, 2.05) is 0 Å². The number of aromatic carboxylic acids is 8. The number of piperazine rings is 1. The summed E-state index contributed by atoms with van der Waals surface area (Å²) in [6.45, 7) is -0.850. The normalized spacial score (nSPS) is 12.3. The lowest BCUT2D eigenvalue weighted by Crippen LogP contribution is -2.48. The maximum atomic E-state index is 12.0. The fourth-order valence-electron chi connectivity index (χ4n) is 11.7. The highest BCUT2D eigenvalue weighted by Gasteiger charge is 2.27. The van der Waals surface area contributed by atoms with Gasteiger partial charge in [-0.25, -0.2) is 48.9 Å². The predicted octanol–water partition coefficient (Wildman–Crippen LogP) is 14.6. The molecule has 0 spiro atoms. The van der Waals surface area contributed by atoms with Crippen LogP contribution in [0.1, 0.15) is 109 Å². The third kappa shape index (κ3) is 30.1. The lowest BCUT2D eigenvalue weighted by molar-refractivity contribution is -0.432. The van der Waals surface area contributed by atoms with Crippen LogP contribution < -0.4 is 50.0 Å². The highest BCUT2D eigenvalue weighted by Crippen LogP contribution is 2.40. The molecule has 1 fully saturated rings. The van der Waals surface area contributed by atoms with Crippen molar-refractivity contribution < 1.29 is 153 Å². The third-order valence-corrected chi connectivity index (χ3v) is 20.6. The highest BCUT2D eigenvalue weighted by atomic mass is 32.2. The summed E-state index contributed by atoms with van der Waals surface area (Å²) in [6.07, 6.45) is -0.0419. The number of aromatic nitrogens is 6. The number of hydrogen-bond acceptors (Lipinski definition) is 44. The van der Waals surface area contributed by atoms with E-state index in [1.54, 1.807) is 9.80 Å². The van der Waals surface area contributed by atoms with Crippen molar-refractivity contribution in [3.05, 3.63) is 190 Å². The van der Waals surface area contributed by atoms with Crippen LogP contribution in [0.25, 0.3) is 0 Å². The number of azo groups is 4. The van der Waals surface area contributed by atoms with Crippen molar-refractivity contribution in [2.75, 3.05) is 107 Å². The molecule has 2 aromatic heterocycles. The van der Waals surface area contributed by atoms with Crippen LogP contribution in [0.15, 0.2) is 187 Å². The maximum absolute atomic E-state index is 12.0. The number of ether oxygens (including phenoxy) is 4. The zero-order valence-electron chi connectivity index (χ0n) is 68.5. The minimum absolute atomic E-state index is 0.00145. The van der Waals surface area contributed by atoms with Crippen LogP contribution in [0, 0.1) is 0 Å². The number of hydrogen-bond donors (Lipinski definition) is 16. The van der Waals surface area contributed by atoms with Crippen LogP contribution in [0.5, 0.6) is 23.0 Å². The fraction of sp³-hybridized carbons (Fsp3) is 0.205. The topological polar surface area (TPSA) is 752 Å². The molecule has 0 radical (unpaired) electrons. The van der Waals surface area contributed by atoms with E-state index in [0.29, 0.717) is 0 Å². The minimum Gasteiger partial charge on any atom is -0.491 e. The van der Waals surface area contributed by atoms with Gasteiger partial charge in [-0.2, -0.15) is 87.7 Å². The molecule has 8 aromatic carbocycles. The summed E-state index contributed by atoms with van der Waals surface area (Å²) in [5.74, 6) is -13.9. The van der Waals surface area contributed by atoms with Crippen molar-refractivity contribution in [2.24, 2.45) is 40.9 Å². The number of anilines is 10. The molecule has 11 rings (SSSR count). The number of nitrogens with zero attached hydrogens (tertiary/aromatic N) is 16. The fourth-order valence-corrected chi connectivity index (χ4v) is 13.3. The van der Waals surface area contributed by atoms with Gasteiger partial charge in [0.2, 0.25) is 35.7 Å². The van der Waals surface area contributed by atoms with E-state index in [2.05, 4.69) is 80.9 Å². The zero-order chi connectivity index (χ0) is 96.2. The predicted molar refractivity (Wildman–Crippen MR) is 469 cm³/mol. The molecule has 1 aliphatic heterocycles. The molecule has 10 aromatic rings. The van der Waals surface area contributed by atoms with Gasteiger partial charge in [-0.3, -0.25) is 9.11 Å². The molecule has 3 heterocycles. The summed E-state index contributed by atoms with van der Waals surface area (Å²) in [4.78, 5) is 128. The van der Waals surface area contributed by atoms with E-state index in [0.717, 1.165) is 96.9 Å². The molecule has 1 aliphatic rings. The van der Waals surface area contributed by atoms with Gasteiger partial charge in [0.05, 0.1) is 151 Å². The summed E-state index contributed by atoms with van der Waals surface area (Å²) in [6, 6.07) is 29.2. The number of rotatable bonds is 50. The van der Waals surface area contributed by atoms with E-state index in [9.17, 15) is 105 Å². The Morgan fingerprint density at radius 1 is 0.313 bits per heavy atom. The third-order valence-electron chi connectivity index (χ3n) is 17.7. The molecule has 700 valence electrons. The molecule has 134 heavy (non-hydrogen) atoms. The maximum Gasteiger partial charge on any atom is 0.335 e. The van der Waals surface area contributed by atoms with Crippen LogP contribution in [0.3, 0.4) is 0 Å². The summed E-state index contributed by atoms with van der Waals surface area (Å²) in [5, 5.41) is 149. The quantitative estimate of drug-likeness (QED) is 0.00420. The van der Waals surface area contributed by atoms with Gasteiger partial charge in [0.15, 0.2) is 0 Å². The average molecular weight is 1930 g/mol. The molecule has 52 nitrogen and oxygen atoms in total. The van der Waals surface area contributed by atoms with Gasteiger partial charge in [0, 0.05) is 86.0 Å². The largest absolute Gasteiger partial charge is 0.491 e. The second-order valence-electron chi connectivity index (χ2n) is 27.4. The van der Waals surface area contributed by atoms with Crippen molar-refractivity contribution in [2.45, 2.75) is 25.7 Å². The Labute approximate surface area is 761 Å². The van der Waals surface area contributed by atoms with Crippen LogP contribution in [-0.2, 0) is 39.0 Å². The van der Waals surface area contributed by atoms with Gasteiger partial charge in [-0.15, -0.1) is 8.67 Å². The lowest BCUT2D eigenvalue weighted by Gasteiger charge is -2.35. The van der Waals surface area contributed by atoms with Gasteiger partial charge in [-0.1, -0.05) is 10.1 Å². The van der Waals surface area contributed by atoms with Gasteiger partial charge in [-0.05, 0) is 147 Å². The van der Waals surface area contributed by atoms with E-state index >= 15 is 0 Å². The molecule has 0 amide bonds. The van der Waals surface area contributed by atoms with Crippen LogP contribution in [0.2, 0.25) is 0 Å². The molecule has 0 bridgehead atoms. The standard InChI is InChI=1S/C78H72N20O32S4/c99-65(100)41-25-42(66(101)102)30-53(29-41)93-89-49-5-9-57(61(37-49)123-17-1-21-131-129-127-115)79-73-83-75(81-59-11-7-51(39-63(59)125-19-3-23-133(117,118)119)91-95-55-33-45(69(107)108)27-46(34-55)70(109)110)87-77(85-73)97-13-15-98(16-14-97)78-86-74(80-58-10-6-50(38-62(58)124-18-2-22-132-130-128-116)90-94-54-31-43(67(103)104)26-44(32-54)68(105)106)84-76(88-78)82-60-12-8-52(40-64(60)126-20-4-24-134(120,121)122)92-96-56-35-47(71(111)112)28-48(36-56)72(113)114/h5-12,25-40,115-116H,1-4,13-24H2,(H,99,100)(H,101,102)(H,103,104)(H,105,106)(H,107,108)(H,109,110)(H,111,112)(H,113,114)(H,117,118,119)(H,120,121,122)(H2,79,81,83,85,87)(H2,80,82,84,86,88). The van der Waals surface area contributed by atoms with E-state index in [4.69, 9.17) is 59.4 Å². The van der Waals surface area contributed by atoms with E-state index in [1.165, 1.54) is 72.8 Å². The van der Waals surface area contributed by atoms with E-state index < -0.39 is 124 Å². The first-order chi connectivity index (χ1) is 64.1.